The highest BCUT2D eigenvalue weighted by molar-refractivity contribution is 5.93. The maximum Gasteiger partial charge on any atom is 0.238 e. The normalized spacial score (nSPS) is 13.8. The SMILES string of the molecule is CCCNC(=O)CCN(CC(=O)Nc1cc(C)ccc1C)C1CC1. The highest BCUT2D eigenvalue weighted by Crippen LogP contribution is 2.27. The van der Waals surface area contributed by atoms with Gasteiger partial charge in [-0.2, -0.15) is 0 Å². The Labute approximate surface area is 144 Å². The average molecular weight is 331 g/mol. The Hall–Kier alpha value is -1.88. The van der Waals surface area contributed by atoms with E-state index in [-0.39, 0.29) is 11.8 Å². The zero-order valence-electron chi connectivity index (χ0n) is 15.0. The van der Waals surface area contributed by atoms with Crippen LogP contribution < -0.4 is 10.6 Å². The molecule has 1 saturated carbocycles. The third-order valence-electron chi connectivity index (χ3n) is 4.28. The summed E-state index contributed by atoms with van der Waals surface area (Å²) in [6, 6.07) is 6.50. The molecule has 0 unspecified atom stereocenters. The lowest BCUT2D eigenvalue weighted by Crippen LogP contribution is -2.38. The first-order valence-corrected chi connectivity index (χ1v) is 8.87. The molecule has 0 radical (unpaired) electrons. The van der Waals surface area contributed by atoms with Gasteiger partial charge in [0.05, 0.1) is 6.54 Å². The largest absolute Gasteiger partial charge is 0.356 e. The molecule has 1 aliphatic rings. The van der Waals surface area contributed by atoms with Gasteiger partial charge >= 0.3 is 0 Å². The zero-order chi connectivity index (χ0) is 17.5. The monoisotopic (exact) mass is 331 g/mol. The lowest BCUT2D eigenvalue weighted by atomic mass is 10.1. The summed E-state index contributed by atoms with van der Waals surface area (Å²) < 4.78 is 0. The number of benzene rings is 1. The number of rotatable bonds is 9. The fourth-order valence-electron chi connectivity index (χ4n) is 2.67. The van der Waals surface area contributed by atoms with E-state index < -0.39 is 0 Å². The number of aryl methyl sites for hydroxylation is 2. The molecule has 0 aromatic heterocycles. The molecular weight excluding hydrogens is 302 g/mol. The summed E-state index contributed by atoms with van der Waals surface area (Å²) in [5.74, 6) is 0.0574. The van der Waals surface area contributed by atoms with Crippen molar-refractivity contribution in [3.63, 3.8) is 0 Å². The molecule has 1 aromatic rings. The minimum absolute atomic E-state index is 0.00966. The van der Waals surface area contributed by atoms with Crippen LogP contribution in [0.4, 0.5) is 5.69 Å². The first-order chi connectivity index (χ1) is 11.5. The van der Waals surface area contributed by atoms with Crippen molar-refractivity contribution in [3.05, 3.63) is 29.3 Å². The quantitative estimate of drug-likeness (QED) is 0.731. The molecule has 0 saturated heterocycles. The summed E-state index contributed by atoms with van der Waals surface area (Å²) in [5.41, 5.74) is 3.06. The summed E-state index contributed by atoms with van der Waals surface area (Å²) >= 11 is 0. The highest BCUT2D eigenvalue weighted by atomic mass is 16.2. The molecule has 0 spiro atoms. The number of hydrogen-bond donors (Lipinski definition) is 2. The van der Waals surface area contributed by atoms with Crippen LogP contribution in [0.5, 0.6) is 0 Å². The lowest BCUT2D eigenvalue weighted by molar-refractivity contribution is -0.122. The molecule has 1 aromatic carbocycles. The van der Waals surface area contributed by atoms with E-state index in [1.807, 2.05) is 39.0 Å². The summed E-state index contributed by atoms with van der Waals surface area (Å²) in [6.07, 6.45) is 3.63. The molecule has 132 valence electrons. The molecule has 2 amide bonds. The third-order valence-corrected chi connectivity index (χ3v) is 4.28. The number of nitrogens with one attached hydrogen (secondary N) is 2. The maximum absolute atomic E-state index is 12.4. The Morgan fingerprint density at radius 3 is 2.62 bits per heavy atom. The van der Waals surface area contributed by atoms with Crippen LogP contribution in [-0.4, -0.2) is 42.4 Å². The molecule has 2 rings (SSSR count). The topological polar surface area (TPSA) is 61.4 Å². The Bertz CT molecular complexity index is 582. The van der Waals surface area contributed by atoms with E-state index in [2.05, 4.69) is 15.5 Å². The highest BCUT2D eigenvalue weighted by Gasteiger charge is 2.30. The Morgan fingerprint density at radius 1 is 1.21 bits per heavy atom. The van der Waals surface area contributed by atoms with Gasteiger partial charge in [0.15, 0.2) is 0 Å². The lowest BCUT2D eigenvalue weighted by Gasteiger charge is -2.21. The van der Waals surface area contributed by atoms with Crippen LogP contribution in [0.15, 0.2) is 18.2 Å². The van der Waals surface area contributed by atoms with Gasteiger partial charge in [0.25, 0.3) is 0 Å². The van der Waals surface area contributed by atoms with Crippen LogP contribution in [0.25, 0.3) is 0 Å². The molecular formula is C19H29N3O2. The Morgan fingerprint density at radius 2 is 1.96 bits per heavy atom. The van der Waals surface area contributed by atoms with Crippen LogP contribution in [0.2, 0.25) is 0 Å². The van der Waals surface area contributed by atoms with Crippen LogP contribution in [0, 0.1) is 13.8 Å². The van der Waals surface area contributed by atoms with E-state index >= 15 is 0 Å². The van der Waals surface area contributed by atoms with Gasteiger partial charge in [-0.3, -0.25) is 14.5 Å². The molecule has 2 N–H and O–H groups in total. The fraction of sp³-hybridized carbons (Fsp3) is 0.579. The van der Waals surface area contributed by atoms with Gasteiger partial charge in [-0.15, -0.1) is 0 Å². The number of anilines is 1. The van der Waals surface area contributed by atoms with E-state index in [4.69, 9.17) is 0 Å². The van der Waals surface area contributed by atoms with Gasteiger partial charge in [0, 0.05) is 31.2 Å². The van der Waals surface area contributed by atoms with E-state index in [0.29, 0.717) is 25.6 Å². The van der Waals surface area contributed by atoms with Gasteiger partial charge in [-0.1, -0.05) is 19.1 Å². The van der Waals surface area contributed by atoms with Gasteiger partial charge in [-0.25, -0.2) is 0 Å². The molecule has 0 atom stereocenters. The number of carbonyl (C=O) groups is 2. The fourth-order valence-corrected chi connectivity index (χ4v) is 2.67. The van der Waals surface area contributed by atoms with Crippen LogP contribution in [0.3, 0.4) is 0 Å². The van der Waals surface area contributed by atoms with E-state index in [9.17, 15) is 9.59 Å². The minimum atomic E-state index is -0.00966. The number of nitrogens with zero attached hydrogens (tertiary/aromatic N) is 1. The van der Waals surface area contributed by atoms with Crippen LogP contribution >= 0.6 is 0 Å². The number of carbonyl (C=O) groups excluding carboxylic acids is 2. The molecule has 0 aliphatic heterocycles. The van der Waals surface area contributed by atoms with E-state index in [0.717, 1.165) is 42.6 Å². The standard InChI is InChI=1S/C19H29N3O2/c1-4-10-20-18(23)9-11-22(16-7-8-16)13-19(24)21-17-12-14(2)5-6-15(17)3/h5-6,12,16H,4,7-11,13H2,1-3H3,(H,20,23)(H,21,24). The molecule has 0 bridgehead atoms. The van der Waals surface area contributed by atoms with Crippen LogP contribution in [0.1, 0.15) is 43.7 Å². The number of amides is 2. The summed E-state index contributed by atoms with van der Waals surface area (Å²) in [5, 5.41) is 5.89. The first-order valence-electron chi connectivity index (χ1n) is 8.87. The van der Waals surface area contributed by atoms with Crippen molar-refractivity contribution in [3.8, 4) is 0 Å². The summed E-state index contributed by atoms with van der Waals surface area (Å²) in [4.78, 5) is 26.3. The predicted octanol–water partition coefficient (Wildman–Crippen LogP) is 2.62. The smallest absolute Gasteiger partial charge is 0.238 e. The van der Waals surface area contributed by atoms with E-state index in [1.165, 1.54) is 0 Å². The van der Waals surface area contributed by atoms with Crippen molar-refractivity contribution in [2.24, 2.45) is 0 Å². The first kappa shape index (κ1) is 18.5. The molecule has 0 heterocycles. The van der Waals surface area contributed by atoms with Crippen molar-refractivity contribution < 1.29 is 9.59 Å². The molecule has 24 heavy (non-hydrogen) atoms. The van der Waals surface area contributed by atoms with Crippen molar-refractivity contribution in [2.45, 2.75) is 52.5 Å². The third kappa shape index (κ3) is 5.96. The molecule has 5 heteroatoms. The van der Waals surface area contributed by atoms with Crippen LogP contribution in [-0.2, 0) is 9.59 Å². The predicted molar refractivity (Wildman–Crippen MR) is 97.1 cm³/mol. The van der Waals surface area contributed by atoms with Crippen molar-refractivity contribution in [1.82, 2.24) is 10.2 Å². The Kier molecular flexibility index (Phi) is 6.79. The molecule has 5 nitrogen and oxygen atoms in total. The zero-order valence-corrected chi connectivity index (χ0v) is 15.0. The van der Waals surface area contributed by atoms with E-state index in [1.54, 1.807) is 0 Å². The molecule has 1 fully saturated rings. The molecule has 1 aliphatic carbocycles. The Balaban J connectivity index is 1.85. The summed E-state index contributed by atoms with van der Waals surface area (Å²) in [6.45, 7) is 7.75. The average Bonchev–Trinajstić information content (AvgIpc) is 3.37. The van der Waals surface area contributed by atoms with Crippen molar-refractivity contribution in [1.29, 1.82) is 0 Å². The van der Waals surface area contributed by atoms with Gasteiger partial charge < -0.3 is 10.6 Å². The summed E-state index contributed by atoms with van der Waals surface area (Å²) in [7, 11) is 0. The second kappa shape index (κ2) is 8.83. The minimum Gasteiger partial charge on any atom is -0.356 e. The second-order valence-corrected chi connectivity index (χ2v) is 6.67. The number of hydrogen-bond acceptors (Lipinski definition) is 3. The van der Waals surface area contributed by atoms with Gasteiger partial charge in [-0.05, 0) is 50.3 Å². The second-order valence-electron chi connectivity index (χ2n) is 6.67. The van der Waals surface area contributed by atoms with Gasteiger partial charge in [0.1, 0.15) is 0 Å². The van der Waals surface area contributed by atoms with Crippen molar-refractivity contribution >= 4 is 17.5 Å². The van der Waals surface area contributed by atoms with Gasteiger partial charge in [0.2, 0.25) is 11.8 Å². The maximum atomic E-state index is 12.4. The van der Waals surface area contributed by atoms with Crippen molar-refractivity contribution in [2.75, 3.05) is 25.0 Å².